The van der Waals surface area contributed by atoms with Gasteiger partial charge in [-0.2, -0.15) is 13.2 Å². The van der Waals surface area contributed by atoms with Crippen molar-refractivity contribution in [3.63, 3.8) is 0 Å². The summed E-state index contributed by atoms with van der Waals surface area (Å²) >= 11 is 3.23. The lowest BCUT2D eigenvalue weighted by Crippen LogP contribution is -2.20. The highest BCUT2D eigenvalue weighted by Gasteiger charge is 2.30. The number of carboxylic acid groups (broad SMARTS) is 1. The van der Waals surface area contributed by atoms with E-state index in [2.05, 4.69) is 15.9 Å². The molecule has 1 aromatic rings. The van der Waals surface area contributed by atoms with E-state index < -0.39 is 30.9 Å². The van der Waals surface area contributed by atoms with E-state index in [1.54, 1.807) is 24.3 Å². The predicted octanol–water partition coefficient (Wildman–Crippen LogP) is 4.03. The zero-order chi connectivity index (χ0) is 13.8. The van der Waals surface area contributed by atoms with Crippen molar-refractivity contribution >= 4 is 21.9 Å². The van der Waals surface area contributed by atoms with Crippen molar-refractivity contribution in [1.29, 1.82) is 0 Å². The molecule has 1 rings (SSSR count). The normalized spacial score (nSPS) is 13.3. The van der Waals surface area contributed by atoms with Crippen LogP contribution < -0.4 is 0 Å². The minimum atomic E-state index is -4.31. The molecule has 1 unspecified atom stereocenters. The molecule has 0 aliphatic carbocycles. The van der Waals surface area contributed by atoms with Crippen LogP contribution in [0, 0.1) is 5.92 Å². The molecule has 1 atom stereocenters. The van der Waals surface area contributed by atoms with Crippen LogP contribution in [0.25, 0.3) is 0 Å². The fourth-order valence-electron chi connectivity index (χ4n) is 1.60. The maximum Gasteiger partial charge on any atom is 0.389 e. The van der Waals surface area contributed by atoms with E-state index in [-0.39, 0.29) is 6.42 Å². The average Bonchev–Trinajstić information content (AvgIpc) is 2.22. The number of carbonyl (C=O) groups is 1. The smallest absolute Gasteiger partial charge is 0.389 e. The summed E-state index contributed by atoms with van der Waals surface area (Å²) in [4.78, 5) is 10.9. The summed E-state index contributed by atoms with van der Waals surface area (Å²) in [6.07, 6.45) is -5.68. The Hall–Kier alpha value is -1.04. The monoisotopic (exact) mass is 324 g/mol. The van der Waals surface area contributed by atoms with E-state index in [1.807, 2.05) is 0 Å². The zero-order valence-corrected chi connectivity index (χ0v) is 11.0. The minimum Gasteiger partial charge on any atom is -0.481 e. The first kappa shape index (κ1) is 15.0. The Morgan fingerprint density at radius 3 is 2.56 bits per heavy atom. The Labute approximate surface area is 111 Å². The number of aliphatic carboxylic acids is 1. The van der Waals surface area contributed by atoms with Gasteiger partial charge in [0.1, 0.15) is 0 Å². The Morgan fingerprint density at radius 2 is 2.06 bits per heavy atom. The number of carboxylic acids is 1. The first-order valence-corrected chi connectivity index (χ1v) is 6.11. The number of alkyl halides is 3. The second kappa shape index (κ2) is 6.22. The van der Waals surface area contributed by atoms with Crippen molar-refractivity contribution in [2.24, 2.45) is 5.92 Å². The second-order valence-corrected chi connectivity index (χ2v) is 4.94. The van der Waals surface area contributed by atoms with Crippen LogP contribution in [0.15, 0.2) is 28.7 Å². The van der Waals surface area contributed by atoms with Crippen molar-refractivity contribution in [1.82, 2.24) is 0 Å². The highest BCUT2D eigenvalue weighted by atomic mass is 79.9. The quantitative estimate of drug-likeness (QED) is 0.887. The fourth-order valence-corrected chi connectivity index (χ4v) is 2.05. The lowest BCUT2D eigenvalue weighted by molar-refractivity contribution is -0.148. The summed E-state index contributed by atoms with van der Waals surface area (Å²) < 4.78 is 37.0. The van der Waals surface area contributed by atoms with Gasteiger partial charge in [0.05, 0.1) is 5.92 Å². The van der Waals surface area contributed by atoms with E-state index in [0.717, 1.165) is 4.47 Å². The highest BCUT2D eigenvalue weighted by Crippen LogP contribution is 2.26. The Kier molecular flexibility index (Phi) is 5.19. The molecule has 0 saturated carbocycles. The maximum absolute atomic E-state index is 12.1. The van der Waals surface area contributed by atoms with Crippen molar-refractivity contribution in [3.8, 4) is 0 Å². The van der Waals surface area contributed by atoms with Gasteiger partial charge in [-0.3, -0.25) is 4.79 Å². The van der Waals surface area contributed by atoms with Gasteiger partial charge >= 0.3 is 12.1 Å². The molecule has 18 heavy (non-hydrogen) atoms. The largest absolute Gasteiger partial charge is 0.481 e. The maximum atomic E-state index is 12.1. The van der Waals surface area contributed by atoms with Gasteiger partial charge in [-0.1, -0.05) is 28.1 Å². The lowest BCUT2D eigenvalue weighted by atomic mass is 9.95. The third kappa shape index (κ3) is 5.53. The molecule has 0 fully saturated rings. The number of hydrogen-bond donors (Lipinski definition) is 1. The standard InChI is InChI=1S/C12H12BrF3O2/c13-10-3-1-2-8(7-10)6-9(11(17)18)4-5-12(14,15)16/h1-3,7,9H,4-6H2,(H,17,18). The van der Waals surface area contributed by atoms with Crippen LogP contribution in [0.2, 0.25) is 0 Å². The Bertz CT molecular complexity index is 418. The van der Waals surface area contributed by atoms with Gasteiger partial charge in [0.15, 0.2) is 0 Å². The van der Waals surface area contributed by atoms with Crippen molar-refractivity contribution in [2.45, 2.75) is 25.4 Å². The summed E-state index contributed by atoms with van der Waals surface area (Å²) in [6, 6.07) is 6.91. The van der Waals surface area contributed by atoms with Crippen LogP contribution in [0.1, 0.15) is 18.4 Å². The molecule has 0 aliphatic rings. The molecule has 2 nitrogen and oxygen atoms in total. The summed E-state index contributed by atoms with van der Waals surface area (Å²) in [6.45, 7) is 0. The highest BCUT2D eigenvalue weighted by molar-refractivity contribution is 9.10. The summed E-state index contributed by atoms with van der Waals surface area (Å²) in [5.74, 6) is -2.21. The minimum absolute atomic E-state index is 0.102. The van der Waals surface area contributed by atoms with Gasteiger partial charge in [0, 0.05) is 10.9 Å². The molecule has 1 N–H and O–H groups in total. The summed E-state index contributed by atoms with van der Waals surface area (Å²) in [5.41, 5.74) is 0.707. The molecule has 100 valence electrons. The molecule has 0 amide bonds. The van der Waals surface area contributed by atoms with Crippen LogP contribution in [0.5, 0.6) is 0 Å². The second-order valence-electron chi connectivity index (χ2n) is 4.02. The van der Waals surface area contributed by atoms with E-state index in [9.17, 15) is 18.0 Å². The molecule has 0 heterocycles. The fraction of sp³-hybridized carbons (Fsp3) is 0.417. The first-order chi connectivity index (χ1) is 8.28. The van der Waals surface area contributed by atoms with Crippen LogP contribution in [-0.2, 0) is 11.2 Å². The summed E-state index contributed by atoms with van der Waals surface area (Å²) in [7, 11) is 0. The van der Waals surface area contributed by atoms with Crippen molar-refractivity contribution < 1.29 is 23.1 Å². The van der Waals surface area contributed by atoms with E-state index in [0.29, 0.717) is 5.56 Å². The molecular formula is C12H12BrF3O2. The first-order valence-electron chi connectivity index (χ1n) is 5.32. The molecule has 0 bridgehead atoms. The van der Waals surface area contributed by atoms with E-state index in [1.165, 1.54) is 0 Å². The number of rotatable bonds is 5. The molecule has 0 saturated heterocycles. The van der Waals surface area contributed by atoms with Crippen LogP contribution >= 0.6 is 15.9 Å². The molecule has 0 aliphatic heterocycles. The van der Waals surface area contributed by atoms with E-state index in [4.69, 9.17) is 5.11 Å². The van der Waals surface area contributed by atoms with Crippen LogP contribution in [0.3, 0.4) is 0 Å². The SMILES string of the molecule is O=C(O)C(CCC(F)(F)F)Cc1cccc(Br)c1. The van der Waals surface area contributed by atoms with Crippen molar-refractivity contribution in [2.75, 3.05) is 0 Å². The van der Waals surface area contributed by atoms with Crippen molar-refractivity contribution in [3.05, 3.63) is 34.3 Å². The molecule has 0 aromatic heterocycles. The molecule has 0 radical (unpaired) electrons. The lowest BCUT2D eigenvalue weighted by Gasteiger charge is -2.14. The van der Waals surface area contributed by atoms with Gasteiger partial charge in [-0.05, 0) is 30.5 Å². The summed E-state index contributed by atoms with van der Waals surface area (Å²) in [5, 5.41) is 8.92. The van der Waals surface area contributed by atoms with Gasteiger partial charge in [0.2, 0.25) is 0 Å². The Morgan fingerprint density at radius 1 is 1.39 bits per heavy atom. The van der Waals surface area contributed by atoms with Gasteiger partial charge in [0.25, 0.3) is 0 Å². The van der Waals surface area contributed by atoms with Crippen LogP contribution in [0.4, 0.5) is 13.2 Å². The zero-order valence-electron chi connectivity index (χ0n) is 9.38. The van der Waals surface area contributed by atoms with Crippen LogP contribution in [-0.4, -0.2) is 17.3 Å². The average molecular weight is 325 g/mol. The van der Waals surface area contributed by atoms with E-state index >= 15 is 0 Å². The Balaban J connectivity index is 2.66. The number of hydrogen-bond acceptors (Lipinski definition) is 1. The molecule has 0 spiro atoms. The van der Waals surface area contributed by atoms with Gasteiger partial charge < -0.3 is 5.11 Å². The third-order valence-electron chi connectivity index (χ3n) is 2.50. The van der Waals surface area contributed by atoms with Gasteiger partial charge in [-0.15, -0.1) is 0 Å². The molecular weight excluding hydrogens is 313 g/mol. The number of halogens is 4. The molecule has 6 heteroatoms. The third-order valence-corrected chi connectivity index (χ3v) is 2.99. The number of benzene rings is 1. The predicted molar refractivity (Wildman–Crippen MR) is 64.3 cm³/mol. The topological polar surface area (TPSA) is 37.3 Å². The van der Waals surface area contributed by atoms with Gasteiger partial charge in [-0.25, -0.2) is 0 Å². The molecule has 1 aromatic carbocycles.